The summed E-state index contributed by atoms with van der Waals surface area (Å²) in [6, 6.07) is 20.1. The highest BCUT2D eigenvalue weighted by molar-refractivity contribution is 6.22. The largest absolute Gasteiger partial charge is 0.494 e. The highest BCUT2D eigenvalue weighted by atomic mass is 16.5. The molecule has 3 aromatic carbocycles. The van der Waals surface area contributed by atoms with E-state index < -0.39 is 5.97 Å². The number of benzene rings is 3. The predicted octanol–water partition coefficient (Wildman–Crippen LogP) is 5.84. The van der Waals surface area contributed by atoms with Crippen LogP contribution in [0.4, 0.5) is 5.69 Å². The Morgan fingerprint density at radius 1 is 1.00 bits per heavy atom. The number of Topliss-reactive ketones (excluding diaryl/α,β-unsaturated/α-hetero) is 1. The molecule has 1 aromatic heterocycles. The topological polar surface area (TPSA) is 113 Å². The smallest absolute Gasteiger partial charge is 0.338 e. The van der Waals surface area contributed by atoms with Crippen LogP contribution in [0.25, 0.3) is 10.9 Å². The Kier molecular flexibility index (Phi) is 10.2. The van der Waals surface area contributed by atoms with Crippen molar-refractivity contribution in [2.24, 2.45) is 4.99 Å². The molecule has 1 saturated heterocycles. The number of nitrogens with one attached hydrogen (secondary N) is 1. The summed E-state index contributed by atoms with van der Waals surface area (Å²) in [5, 5.41) is 11.8. The van der Waals surface area contributed by atoms with Crippen LogP contribution in [0.2, 0.25) is 0 Å². The van der Waals surface area contributed by atoms with Crippen LogP contribution < -0.4 is 0 Å². The van der Waals surface area contributed by atoms with Gasteiger partial charge in [0, 0.05) is 55.4 Å². The number of carbonyl (C=O) groups excluding carboxylic acids is 2. The lowest BCUT2D eigenvalue weighted by molar-refractivity contribution is 0.0370. The van der Waals surface area contributed by atoms with Gasteiger partial charge >= 0.3 is 5.97 Å². The van der Waals surface area contributed by atoms with E-state index in [1.165, 1.54) is 7.11 Å². The average Bonchev–Trinajstić information content (AvgIpc) is 3.37. The molecule has 0 unspecified atom stereocenters. The molecule has 4 aromatic rings. The molecule has 230 valence electrons. The number of aliphatic imine (C=N–C) groups is 1. The van der Waals surface area contributed by atoms with E-state index in [1.54, 1.807) is 37.4 Å². The third-order valence-electron chi connectivity index (χ3n) is 8.11. The number of methoxy groups -OCH3 is 2. The zero-order chi connectivity index (χ0) is 31.1. The minimum atomic E-state index is -0.449. The Hall–Kier alpha value is -4.31. The van der Waals surface area contributed by atoms with Gasteiger partial charge in [-0.1, -0.05) is 30.3 Å². The Morgan fingerprint density at radius 2 is 1.73 bits per heavy atom. The molecule has 9 heteroatoms. The number of esters is 1. The number of fused-ring (bicyclic) bond motifs is 1. The first kappa shape index (κ1) is 31.1. The lowest BCUT2D eigenvalue weighted by atomic mass is 9.98. The summed E-state index contributed by atoms with van der Waals surface area (Å²) in [6.45, 7) is 5.42. The number of ketones is 1. The number of ether oxygens (including phenoxy) is 3. The summed E-state index contributed by atoms with van der Waals surface area (Å²) >= 11 is 0. The Bertz CT molecular complexity index is 1620. The minimum Gasteiger partial charge on any atom is -0.494 e. The summed E-state index contributed by atoms with van der Waals surface area (Å²) < 4.78 is 16.0. The molecule has 2 heterocycles. The molecule has 5 rings (SSSR count). The Labute approximate surface area is 257 Å². The number of piperidine rings is 1. The minimum absolute atomic E-state index is 0.0275. The summed E-state index contributed by atoms with van der Waals surface area (Å²) in [7, 11) is 3.11. The molecule has 1 fully saturated rings. The van der Waals surface area contributed by atoms with Gasteiger partial charge in [0.1, 0.15) is 6.61 Å². The van der Waals surface area contributed by atoms with Crippen LogP contribution in [-0.4, -0.2) is 85.6 Å². The van der Waals surface area contributed by atoms with Crippen molar-refractivity contribution in [3.63, 3.8) is 0 Å². The Balaban J connectivity index is 1.29. The molecular formula is C35H39N3O6. The highest BCUT2D eigenvalue weighted by Gasteiger charge is 2.22. The fraction of sp³-hybridized carbons (Fsp3) is 0.343. The zero-order valence-corrected chi connectivity index (χ0v) is 25.5. The second-order valence-electron chi connectivity index (χ2n) is 11.0. The Morgan fingerprint density at radius 3 is 2.41 bits per heavy atom. The number of rotatable bonds is 12. The molecule has 0 aliphatic carbocycles. The SMILES string of the molecule is COC(=O)c1cc2[nH]c(O)c(C(=Nc3ccc(C(=O)COCCCN4CCC(OC)CC4)cc3)c3ccccc3)c2cc1C. The normalized spacial score (nSPS) is 14.7. The summed E-state index contributed by atoms with van der Waals surface area (Å²) in [5.41, 5.74) is 4.75. The van der Waals surface area contributed by atoms with Crippen LogP contribution in [0.15, 0.2) is 71.7 Å². The summed E-state index contributed by atoms with van der Waals surface area (Å²) in [4.78, 5) is 35.4. The molecule has 0 atom stereocenters. The molecule has 0 radical (unpaired) electrons. The summed E-state index contributed by atoms with van der Waals surface area (Å²) in [5.74, 6) is -0.598. The van der Waals surface area contributed by atoms with Gasteiger partial charge in [0.15, 0.2) is 11.7 Å². The zero-order valence-electron chi connectivity index (χ0n) is 25.5. The van der Waals surface area contributed by atoms with Gasteiger partial charge in [0.2, 0.25) is 0 Å². The van der Waals surface area contributed by atoms with Crippen LogP contribution in [0.3, 0.4) is 0 Å². The van der Waals surface area contributed by atoms with Crippen molar-refractivity contribution in [2.75, 3.05) is 47.1 Å². The summed E-state index contributed by atoms with van der Waals surface area (Å²) in [6.07, 6.45) is 3.37. The van der Waals surface area contributed by atoms with Crippen LogP contribution in [0.1, 0.15) is 56.7 Å². The van der Waals surface area contributed by atoms with Crippen LogP contribution >= 0.6 is 0 Å². The number of likely N-dealkylation sites (tertiary alicyclic amines) is 1. The van der Waals surface area contributed by atoms with Crippen LogP contribution in [0, 0.1) is 6.92 Å². The lowest BCUT2D eigenvalue weighted by Gasteiger charge is -2.31. The lowest BCUT2D eigenvalue weighted by Crippen LogP contribution is -2.37. The average molecular weight is 598 g/mol. The van der Waals surface area contributed by atoms with Crippen molar-refractivity contribution >= 4 is 34.1 Å². The highest BCUT2D eigenvalue weighted by Crippen LogP contribution is 2.33. The number of hydrogen-bond acceptors (Lipinski definition) is 8. The van der Waals surface area contributed by atoms with E-state index in [0.29, 0.717) is 51.9 Å². The molecule has 9 nitrogen and oxygen atoms in total. The molecule has 2 N–H and O–H groups in total. The van der Waals surface area contributed by atoms with Gasteiger partial charge in [-0.25, -0.2) is 9.79 Å². The molecule has 0 saturated carbocycles. The number of aromatic amines is 1. The number of aromatic nitrogens is 1. The van der Waals surface area contributed by atoms with Crippen molar-refractivity contribution in [1.82, 2.24) is 9.88 Å². The number of H-pyrrole nitrogens is 1. The molecule has 0 amide bonds. The van der Waals surface area contributed by atoms with Gasteiger partial charge in [0.25, 0.3) is 0 Å². The number of hydrogen-bond donors (Lipinski definition) is 2. The molecule has 44 heavy (non-hydrogen) atoms. The monoisotopic (exact) mass is 597 g/mol. The molecule has 1 aliphatic heterocycles. The van der Waals surface area contributed by atoms with Crippen molar-refractivity contribution < 1.29 is 28.9 Å². The van der Waals surface area contributed by atoms with Gasteiger partial charge in [-0.05, 0) is 68.1 Å². The van der Waals surface area contributed by atoms with E-state index in [9.17, 15) is 14.7 Å². The second-order valence-corrected chi connectivity index (χ2v) is 11.0. The van der Waals surface area contributed by atoms with E-state index in [4.69, 9.17) is 19.2 Å². The molecule has 0 spiro atoms. The van der Waals surface area contributed by atoms with Gasteiger partial charge in [-0.15, -0.1) is 0 Å². The predicted molar refractivity (Wildman–Crippen MR) is 170 cm³/mol. The number of aromatic hydroxyl groups is 1. The standard InChI is InChI=1S/C35H39N3O6/c1-23-20-29-30(21-28(23)35(41)43-3)37-34(40)32(29)33(25-8-5-4-6-9-25)36-26-12-10-24(11-13-26)31(39)22-44-19-7-16-38-17-14-27(42-2)15-18-38/h4-6,8-13,20-21,27,37,40H,7,14-19,22H2,1-3H3. The third kappa shape index (κ3) is 7.24. The maximum Gasteiger partial charge on any atom is 0.338 e. The maximum atomic E-state index is 12.8. The van der Waals surface area contributed by atoms with E-state index in [0.717, 1.165) is 49.8 Å². The first-order chi connectivity index (χ1) is 21.4. The van der Waals surface area contributed by atoms with Gasteiger partial charge < -0.3 is 29.2 Å². The quantitative estimate of drug-likeness (QED) is 0.0913. The second kappa shape index (κ2) is 14.4. The van der Waals surface area contributed by atoms with Crippen molar-refractivity contribution in [1.29, 1.82) is 0 Å². The van der Waals surface area contributed by atoms with Gasteiger partial charge in [-0.2, -0.15) is 0 Å². The van der Waals surface area contributed by atoms with Crippen molar-refractivity contribution in [3.05, 3.63) is 94.5 Å². The number of aryl methyl sites for hydroxylation is 1. The fourth-order valence-electron chi connectivity index (χ4n) is 5.62. The van der Waals surface area contributed by atoms with Crippen molar-refractivity contribution in [3.8, 4) is 5.88 Å². The van der Waals surface area contributed by atoms with Crippen LogP contribution in [0.5, 0.6) is 5.88 Å². The van der Waals surface area contributed by atoms with E-state index in [2.05, 4.69) is 9.88 Å². The van der Waals surface area contributed by atoms with Gasteiger partial charge in [0.05, 0.1) is 35.7 Å². The van der Waals surface area contributed by atoms with Crippen LogP contribution in [-0.2, 0) is 14.2 Å². The molecule has 0 bridgehead atoms. The fourth-order valence-corrected chi connectivity index (χ4v) is 5.62. The number of carbonyl (C=O) groups is 2. The molecule has 1 aliphatic rings. The number of nitrogens with zero attached hydrogens (tertiary/aromatic N) is 2. The van der Waals surface area contributed by atoms with Gasteiger partial charge in [-0.3, -0.25) is 4.79 Å². The molecular weight excluding hydrogens is 558 g/mol. The third-order valence-corrected chi connectivity index (χ3v) is 8.11. The first-order valence-electron chi connectivity index (χ1n) is 14.9. The van der Waals surface area contributed by atoms with E-state index >= 15 is 0 Å². The van der Waals surface area contributed by atoms with E-state index in [-0.39, 0.29) is 18.3 Å². The van der Waals surface area contributed by atoms with E-state index in [1.807, 2.05) is 43.3 Å². The first-order valence-corrected chi connectivity index (χ1v) is 14.9. The maximum absolute atomic E-state index is 12.8. The van der Waals surface area contributed by atoms with Crippen molar-refractivity contribution in [2.45, 2.75) is 32.3 Å².